The van der Waals surface area contributed by atoms with E-state index < -0.39 is 40.3 Å². The van der Waals surface area contributed by atoms with Crippen LogP contribution >= 0.6 is 0 Å². The molecule has 9 atom stereocenters. The lowest BCUT2D eigenvalue weighted by Gasteiger charge is -2.59. The Bertz CT molecular complexity index is 874. The van der Waals surface area contributed by atoms with Crippen LogP contribution in [0, 0.1) is 28.6 Å². The van der Waals surface area contributed by atoms with Gasteiger partial charge in [0.15, 0.2) is 5.78 Å². The van der Waals surface area contributed by atoms with Gasteiger partial charge in [-0.3, -0.25) is 4.79 Å². The van der Waals surface area contributed by atoms with Crippen molar-refractivity contribution in [1.82, 2.24) is 0 Å². The summed E-state index contributed by atoms with van der Waals surface area (Å²) in [6.45, 7) is 9.86. The van der Waals surface area contributed by atoms with E-state index in [1.54, 1.807) is 13.0 Å². The van der Waals surface area contributed by atoms with Crippen molar-refractivity contribution in [3.8, 4) is 0 Å². The van der Waals surface area contributed by atoms with Crippen LogP contribution in [-0.2, 0) is 4.79 Å². The molecule has 186 valence electrons. The molecule has 0 amide bonds. The van der Waals surface area contributed by atoms with Crippen molar-refractivity contribution in [1.29, 1.82) is 0 Å². The highest BCUT2D eigenvalue weighted by atomic mass is 16.3. The highest BCUT2D eigenvalue weighted by Crippen LogP contribution is 2.68. The quantitative estimate of drug-likeness (QED) is 0.429. The molecular formula is C27H42O6. The SMILES string of the molecule is CC(C)CCC(O)C(C)(O)C1CCC2(O)C3=CC(=O)C4=CC(O)C(O)CC4(C)C3CCC12C. The fourth-order valence-corrected chi connectivity index (χ4v) is 7.87. The summed E-state index contributed by atoms with van der Waals surface area (Å²) in [4.78, 5) is 13.2. The van der Waals surface area contributed by atoms with Crippen molar-refractivity contribution < 1.29 is 30.3 Å². The maximum absolute atomic E-state index is 13.2. The van der Waals surface area contributed by atoms with Crippen LogP contribution in [0.5, 0.6) is 0 Å². The first kappa shape index (κ1) is 25.1. The summed E-state index contributed by atoms with van der Waals surface area (Å²) >= 11 is 0. The minimum absolute atomic E-state index is 0.115. The molecule has 5 N–H and O–H groups in total. The molecule has 4 aliphatic rings. The molecule has 4 rings (SSSR count). The van der Waals surface area contributed by atoms with Crippen LogP contribution in [0.25, 0.3) is 0 Å². The van der Waals surface area contributed by atoms with Crippen molar-refractivity contribution in [2.24, 2.45) is 28.6 Å². The Labute approximate surface area is 197 Å². The normalized spacial score (nSPS) is 45.5. The lowest BCUT2D eigenvalue weighted by Crippen LogP contribution is -2.61. The molecule has 0 saturated heterocycles. The number of fused-ring (bicyclic) bond motifs is 5. The third kappa shape index (κ3) is 3.51. The van der Waals surface area contributed by atoms with E-state index in [1.807, 2.05) is 13.8 Å². The largest absolute Gasteiger partial charge is 0.390 e. The van der Waals surface area contributed by atoms with Crippen molar-refractivity contribution >= 4 is 5.78 Å². The third-order valence-corrected chi connectivity index (χ3v) is 10.0. The number of rotatable bonds is 5. The summed E-state index contributed by atoms with van der Waals surface area (Å²) in [5.74, 6) is -0.207. The van der Waals surface area contributed by atoms with Gasteiger partial charge in [-0.25, -0.2) is 0 Å². The predicted molar refractivity (Wildman–Crippen MR) is 125 cm³/mol. The molecule has 2 saturated carbocycles. The van der Waals surface area contributed by atoms with Gasteiger partial charge < -0.3 is 25.5 Å². The standard InChI is InChI=1S/C27H42O6/c1-15(2)6-7-23(31)26(5,32)22-9-11-27(33)17-12-19(28)18-13-20(29)21(30)14-24(18,3)16(17)8-10-25(22,27)4/h12-13,15-16,20-23,29-33H,6-11,14H2,1-5H3. The Kier molecular flexibility index (Phi) is 6.07. The van der Waals surface area contributed by atoms with E-state index in [-0.39, 0.29) is 24.0 Å². The number of hydrogen-bond donors (Lipinski definition) is 5. The monoisotopic (exact) mass is 462 g/mol. The second kappa shape index (κ2) is 7.99. The van der Waals surface area contributed by atoms with Gasteiger partial charge in [0, 0.05) is 16.4 Å². The van der Waals surface area contributed by atoms with Gasteiger partial charge in [0.2, 0.25) is 0 Å². The Balaban J connectivity index is 1.70. The van der Waals surface area contributed by atoms with Crippen molar-refractivity contribution in [3.63, 3.8) is 0 Å². The topological polar surface area (TPSA) is 118 Å². The minimum Gasteiger partial charge on any atom is -0.390 e. The third-order valence-electron chi connectivity index (χ3n) is 10.0. The van der Waals surface area contributed by atoms with Gasteiger partial charge in [-0.1, -0.05) is 27.7 Å². The Morgan fingerprint density at radius 2 is 1.82 bits per heavy atom. The summed E-state index contributed by atoms with van der Waals surface area (Å²) in [7, 11) is 0. The zero-order chi connectivity index (χ0) is 24.6. The van der Waals surface area contributed by atoms with Gasteiger partial charge in [-0.05, 0) is 87.3 Å². The van der Waals surface area contributed by atoms with E-state index in [4.69, 9.17) is 0 Å². The number of carbonyl (C=O) groups is 1. The summed E-state index contributed by atoms with van der Waals surface area (Å²) < 4.78 is 0. The van der Waals surface area contributed by atoms with Crippen LogP contribution < -0.4 is 0 Å². The first-order chi connectivity index (χ1) is 15.2. The van der Waals surface area contributed by atoms with Crippen LogP contribution in [0.2, 0.25) is 0 Å². The van der Waals surface area contributed by atoms with Crippen molar-refractivity contribution in [2.45, 2.75) is 109 Å². The second-order valence-electron chi connectivity index (χ2n) is 12.4. The molecule has 0 aromatic rings. The average Bonchev–Trinajstić information content (AvgIpc) is 3.00. The molecule has 33 heavy (non-hydrogen) atoms. The summed E-state index contributed by atoms with van der Waals surface area (Å²) in [6, 6.07) is 0. The Morgan fingerprint density at radius 3 is 2.45 bits per heavy atom. The lowest BCUT2D eigenvalue weighted by atomic mass is 9.47. The van der Waals surface area contributed by atoms with E-state index in [0.29, 0.717) is 49.2 Å². The Morgan fingerprint density at radius 1 is 1.15 bits per heavy atom. The molecule has 0 aromatic heterocycles. The van der Waals surface area contributed by atoms with Gasteiger partial charge in [-0.15, -0.1) is 0 Å². The maximum Gasteiger partial charge on any atom is 0.182 e. The second-order valence-corrected chi connectivity index (χ2v) is 12.4. The van der Waals surface area contributed by atoms with Crippen molar-refractivity contribution in [3.05, 3.63) is 23.3 Å². The van der Waals surface area contributed by atoms with Crippen LogP contribution in [-0.4, -0.2) is 60.8 Å². The van der Waals surface area contributed by atoms with E-state index in [2.05, 4.69) is 13.8 Å². The molecule has 6 nitrogen and oxygen atoms in total. The van der Waals surface area contributed by atoms with E-state index >= 15 is 0 Å². The fourth-order valence-electron chi connectivity index (χ4n) is 7.87. The van der Waals surface area contributed by atoms with Gasteiger partial charge >= 0.3 is 0 Å². The Hall–Kier alpha value is -1.05. The highest BCUT2D eigenvalue weighted by molar-refractivity contribution is 6.07. The van der Waals surface area contributed by atoms with Gasteiger partial charge in [0.1, 0.15) is 0 Å². The summed E-state index contributed by atoms with van der Waals surface area (Å²) in [5.41, 5.74) is -2.68. The van der Waals surface area contributed by atoms with Crippen LogP contribution in [0.1, 0.15) is 79.6 Å². The number of carbonyl (C=O) groups excluding carboxylic acids is 1. The minimum atomic E-state index is -1.35. The molecule has 2 fully saturated rings. The number of hydrogen-bond acceptors (Lipinski definition) is 6. The molecule has 6 heteroatoms. The fraction of sp³-hybridized carbons (Fsp3) is 0.815. The summed E-state index contributed by atoms with van der Waals surface area (Å²) in [5, 5.41) is 55.2. The lowest BCUT2D eigenvalue weighted by molar-refractivity contribution is -0.167. The number of aliphatic hydroxyl groups excluding tert-OH is 3. The van der Waals surface area contributed by atoms with E-state index in [9.17, 15) is 30.3 Å². The molecule has 0 aliphatic heterocycles. The average molecular weight is 463 g/mol. The molecule has 4 aliphatic carbocycles. The molecule has 0 spiro atoms. The number of aliphatic hydroxyl groups is 5. The van der Waals surface area contributed by atoms with Gasteiger partial charge in [0.05, 0.1) is 29.5 Å². The van der Waals surface area contributed by atoms with Crippen LogP contribution in [0.4, 0.5) is 0 Å². The smallest absolute Gasteiger partial charge is 0.182 e. The highest BCUT2D eigenvalue weighted by Gasteiger charge is 2.68. The van der Waals surface area contributed by atoms with E-state index in [1.165, 1.54) is 6.08 Å². The number of allylic oxidation sites excluding steroid dienone is 2. The van der Waals surface area contributed by atoms with E-state index in [0.717, 1.165) is 6.42 Å². The van der Waals surface area contributed by atoms with Crippen LogP contribution in [0.15, 0.2) is 23.3 Å². The molecule has 9 unspecified atom stereocenters. The number of ketones is 1. The molecular weight excluding hydrogens is 420 g/mol. The van der Waals surface area contributed by atoms with Crippen molar-refractivity contribution in [2.75, 3.05) is 0 Å². The first-order valence-electron chi connectivity index (χ1n) is 12.7. The molecule has 0 radical (unpaired) electrons. The van der Waals surface area contributed by atoms with Gasteiger partial charge in [0.25, 0.3) is 0 Å². The summed E-state index contributed by atoms with van der Waals surface area (Å²) in [6.07, 6.45) is 4.13. The first-order valence-corrected chi connectivity index (χ1v) is 12.7. The zero-order valence-electron chi connectivity index (χ0n) is 20.7. The van der Waals surface area contributed by atoms with Crippen LogP contribution in [0.3, 0.4) is 0 Å². The van der Waals surface area contributed by atoms with Gasteiger partial charge in [-0.2, -0.15) is 0 Å². The molecule has 0 aromatic carbocycles. The predicted octanol–water partition coefficient (Wildman–Crippen LogP) is 2.66. The molecule has 0 bridgehead atoms. The maximum atomic E-state index is 13.2. The zero-order valence-corrected chi connectivity index (χ0v) is 20.7. The molecule has 0 heterocycles.